The number of aromatic nitrogens is 3. The number of piperidine rings is 1. The lowest BCUT2D eigenvalue weighted by Crippen LogP contribution is -2.56. The molecule has 2 atom stereocenters. The van der Waals surface area contributed by atoms with Crippen LogP contribution in [0.15, 0.2) is 23.1 Å². The van der Waals surface area contributed by atoms with Gasteiger partial charge < -0.3 is 9.42 Å². The first kappa shape index (κ1) is 14.7. The maximum atomic E-state index is 5.61. The molecule has 0 saturated carbocycles. The number of hydrogen-bond acceptors (Lipinski definition) is 5. The quantitative estimate of drug-likeness (QED) is 0.809. The van der Waals surface area contributed by atoms with Crippen molar-refractivity contribution in [3.05, 3.63) is 35.7 Å². The number of hydrogen-bond donors (Lipinski definition) is 0. The molecule has 2 aliphatic rings. The predicted octanol–water partition coefficient (Wildman–Crippen LogP) is 3.14. The second-order valence-electron chi connectivity index (χ2n) is 7.98. The van der Waals surface area contributed by atoms with Gasteiger partial charge in [-0.1, -0.05) is 25.9 Å². The Balaban J connectivity index is 1.68. The third-order valence-corrected chi connectivity index (χ3v) is 5.91. The van der Waals surface area contributed by atoms with Crippen LogP contribution in [0.1, 0.15) is 44.3 Å². The van der Waals surface area contributed by atoms with E-state index in [0.717, 1.165) is 43.2 Å². The predicted molar refractivity (Wildman–Crippen MR) is 88.4 cm³/mol. The van der Waals surface area contributed by atoms with Gasteiger partial charge in [-0.15, -0.1) is 0 Å². The maximum absolute atomic E-state index is 5.61. The average molecular weight is 312 g/mol. The van der Waals surface area contributed by atoms with E-state index in [0.29, 0.717) is 5.92 Å². The fraction of sp³-hybridized carbons (Fsp3) is 0.611. The molecule has 2 aromatic heterocycles. The van der Waals surface area contributed by atoms with Crippen molar-refractivity contribution in [3.63, 3.8) is 0 Å². The van der Waals surface area contributed by atoms with Crippen LogP contribution in [0.2, 0.25) is 0 Å². The van der Waals surface area contributed by atoms with Gasteiger partial charge in [-0.2, -0.15) is 0 Å². The first-order valence-electron chi connectivity index (χ1n) is 8.38. The van der Waals surface area contributed by atoms with Crippen LogP contribution in [-0.4, -0.2) is 28.2 Å². The summed E-state index contributed by atoms with van der Waals surface area (Å²) in [7, 11) is 0. The molecule has 0 amide bonds. The van der Waals surface area contributed by atoms with E-state index in [1.165, 1.54) is 5.56 Å². The van der Waals surface area contributed by atoms with E-state index in [9.17, 15) is 0 Å². The van der Waals surface area contributed by atoms with Crippen LogP contribution < -0.4 is 4.90 Å². The van der Waals surface area contributed by atoms with Crippen LogP contribution in [0.5, 0.6) is 0 Å². The molecule has 5 nitrogen and oxygen atoms in total. The van der Waals surface area contributed by atoms with Crippen LogP contribution in [0.4, 0.5) is 5.69 Å². The Morgan fingerprint density at radius 2 is 1.91 bits per heavy atom. The summed E-state index contributed by atoms with van der Waals surface area (Å²) in [6.07, 6.45) is 7.99. The average Bonchev–Trinajstić information content (AvgIpc) is 2.95. The van der Waals surface area contributed by atoms with Gasteiger partial charge in [0.05, 0.1) is 24.3 Å². The zero-order chi connectivity index (χ0) is 16.2. The molecule has 1 unspecified atom stereocenters. The lowest BCUT2D eigenvalue weighted by molar-refractivity contribution is 0.0515. The molecule has 5 heteroatoms. The summed E-state index contributed by atoms with van der Waals surface area (Å²) in [5.41, 5.74) is 2.65. The van der Waals surface area contributed by atoms with Crippen LogP contribution in [0.25, 0.3) is 0 Å². The molecule has 1 aliphatic heterocycles. The topological polar surface area (TPSA) is 55.1 Å². The van der Waals surface area contributed by atoms with Crippen LogP contribution in [0, 0.1) is 18.3 Å². The smallest absolute Gasteiger partial charge is 0.145 e. The van der Waals surface area contributed by atoms with Gasteiger partial charge in [0.1, 0.15) is 11.6 Å². The minimum absolute atomic E-state index is 0.0364. The van der Waals surface area contributed by atoms with E-state index < -0.39 is 0 Å². The van der Waals surface area contributed by atoms with Crippen LogP contribution in [0.3, 0.4) is 0 Å². The standard InChI is InChI=1S/C18H24N4O/c1-12-19-9-14(10-20-12)22-6-5-15-17(2,3)16-13(8-21-23-16)7-18(15,4)11-22/h8-10,15H,5-7,11H2,1-4H3/t15?,18-/m0/s1. The lowest BCUT2D eigenvalue weighted by Gasteiger charge is -2.54. The highest BCUT2D eigenvalue weighted by atomic mass is 16.5. The Morgan fingerprint density at radius 3 is 2.65 bits per heavy atom. The van der Waals surface area contributed by atoms with Crippen molar-refractivity contribution >= 4 is 5.69 Å². The van der Waals surface area contributed by atoms with Crippen LogP contribution >= 0.6 is 0 Å². The fourth-order valence-corrected chi connectivity index (χ4v) is 4.95. The highest BCUT2D eigenvalue weighted by molar-refractivity contribution is 5.44. The minimum atomic E-state index is 0.0364. The third kappa shape index (κ3) is 2.17. The molecule has 4 rings (SSSR count). The molecule has 0 radical (unpaired) electrons. The molecule has 1 saturated heterocycles. The Kier molecular flexibility index (Phi) is 3.06. The lowest BCUT2D eigenvalue weighted by atomic mass is 9.54. The van der Waals surface area contributed by atoms with Gasteiger partial charge in [0.2, 0.25) is 0 Å². The van der Waals surface area contributed by atoms with E-state index in [2.05, 4.69) is 40.8 Å². The highest BCUT2D eigenvalue weighted by Gasteiger charge is 2.53. The molecule has 0 N–H and O–H groups in total. The molecule has 0 spiro atoms. The van der Waals surface area contributed by atoms with Crippen molar-refractivity contribution in [2.24, 2.45) is 11.3 Å². The van der Waals surface area contributed by atoms with Crippen molar-refractivity contribution in [2.75, 3.05) is 18.0 Å². The second-order valence-corrected chi connectivity index (χ2v) is 7.98. The molecule has 0 bridgehead atoms. The number of fused-ring (bicyclic) bond motifs is 2. The molecular weight excluding hydrogens is 288 g/mol. The second kappa shape index (κ2) is 4.79. The molecule has 23 heavy (non-hydrogen) atoms. The van der Waals surface area contributed by atoms with Gasteiger partial charge in [-0.05, 0) is 31.1 Å². The minimum Gasteiger partial charge on any atom is -0.368 e. The van der Waals surface area contributed by atoms with Gasteiger partial charge in [0.25, 0.3) is 0 Å². The highest BCUT2D eigenvalue weighted by Crippen LogP contribution is 2.54. The van der Waals surface area contributed by atoms with E-state index >= 15 is 0 Å². The van der Waals surface area contributed by atoms with Gasteiger partial charge in [-0.3, -0.25) is 0 Å². The SMILES string of the molecule is Cc1ncc(N2CCC3C(C)(C)c4oncc4C[C@@]3(C)C2)cn1. The third-order valence-electron chi connectivity index (χ3n) is 5.91. The van der Waals surface area contributed by atoms with Gasteiger partial charge in [-0.25, -0.2) is 9.97 Å². The Morgan fingerprint density at radius 1 is 1.17 bits per heavy atom. The summed E-state index contributed by atoms with van der Waals surface area (Å²) in [6, 6.07) is 0. The van der Waals surface area contributed by atoms with Gasteiger partial charge >= 0.3 is 0 Å². The van der Waals surface area contributed by atoms with E-state index in [1.54, 1.807) is 0 Å². The number of rotatable bonds is 1. The summed E-state index contributed by atoms with van der Waals surface area (Å²) in [6.45, 7) is 11.0. The van der Waals surface area contributed by atoms with Crippen molar-refractivity contribution in [1.29, 1.82) is 0 Å². The largest absolute Gasteiger partial charge is 0.368 e. The molecule has 0 aromatic carbocycles. The normalized spacial score (nSPS) is 29.0. The summed E-state index contributed by atoms with van der Waals surface area (Å²) in [4.78, 5) is 11.2. The molecule has 2 aromatic rings. The molecule has 3 heterocycles. The van der Waals surface area contributed by atoms with Gasteiger partial charge in [0, 0.05) is 24.1 Å². The van der Waals surface area contributed by atoms with Crippen molar-refractivity contribution < 1.29 is 4.52 Å². The van der Waals surface area contributed by atoms with E-state index in [-0.39, 0.29) is 10.8 Å². The Labute approximate surface area is 137 Å². The molecule has 1 fully saturated rings. The summed E-state index contributed by atoms with van der Waals surface area (Å²) >= 11 is 0. The zero-order valence-corrected chi connectivity index (χ0v) is 14.3. The maximum Gasteiger partial charge on any atom is 0.145 e. The first-order valence-corrected chi connectivity index (χ1v) is 8.38. The van der Waals surface area contributed by atoms with Crippen molar-refractivity contribution in [3.8, 4) is 0 Å². The number of aryl methyl sites for hydroxylation is 1. The molecular formula is C18H24N4O. The number of anilines is 1. The fourth-order valence-electron chi connectivity index (χ4n) is 4.95. The summed E-state index contributed by atoms with van der Waals surface area (Å²) < 4.78 is 5.61. The molecule has 122 valence electrons. The van der Waals surface area contributed by atoms with E-state index in [1.807, 2.05) is 25.5 Å². The van der Waals surface area contributed by atoms with E-state index in [4.69, 9.17) is 4.52 Å². The summed E-state index contributed by atoms with van der Waals surface area (Å²) in [5, 5.41) is 4.07. The monoisotopic (exact) mass is 312 g/mol. The molecule has 1 aliphatic carbocycles. The van der Waals surface area contributed by atoms with Crippen molar-refractivity contribution in [1.82, 2.24) is 15.1 Å². The first-order chi connectivity index (χ1) is 10.9. The van der Waals surface area contributed by atoms with Crippen molar-refractivity contribution in [2.45, 2.75) is 46.0 Å². The Hall–Kier alpha value is -1.91. The van der Waals surface area contributed by atoms with Gasteiger partial charge in [0.15, 0.2) is 0 Å². The zero-order valence-electron chi connectivity index (χ0n) is 14.3. The van der Waals surface area contributed by atoms with Crippen LogP contribution in [-0.2, 0) is 11.8 Å². The Bertz CT molecular complexity index is 721. The number of nitrogens with zero attached hydrogens (tertiary/aromatic N) is 4. The summed E-state index contributed by atoms with van der Waals surface area (Å²) in [5.74, 6) is 2.51.